The summed E-state index contributed by atoms with van der Waals surface area (Å²) in [5.74, 6) is 0.208. The average Bonchev–Trinajstić information content (AvgIpc) is 2.97. The maximum absolute atomic E-state index is 13.3. The molecule has 0 fully saturated rings. The highest BCUT2D eigenvalue weighted by molar-refractivity contribution is 7.99. The molecule has 0 unspecified atom stereocenters. The van der Waals surface area contributed by atoms with Crippen molar-refractivity contribution >= 4 is 39.2 Å². The number of hydrogen-bond acceptors (Lipinski definition) is 5. The number of thioether (sulfide) groups is 1. The molecule has 0 spiro atoms. The fourth-order valence-corrected chi connectivity index (χ4v) is 5.16. The number of aryl methyl sites for hydroxylation is 2. The summed E-state index contributed by atoms with van der Waals surface area (Å²) in [7, 11) is 0. The van der Waals surface area contributed by atoms with Gasteiger partial charge >= 0.3 is 0 Å². The van der Waals surface area contributed by atoms with E-state index >= 15 is 0 Å². The van der Waals surface area contributed by atoms with Crippen molar-refractivity contribution < 1.29 is 4.79 Å². The number of rotatable bonds is 8. The van der Waals surface area contributed by atoms with Gasteiger partial charge in [0.1, 0.15) is 4.83 Å². The van der Waals surface area contributed by atoms with Crippen molar-refractivity contribution in [2.45, 2.75) is 58.3 Å². The Hall–Kier alpha value is -2.12. The molecule has 1 atom stereocenters. The Labute approximate surface area is 179 Å². The van der Waals surface area contributed by atoms with Crippen LogP contribution in [0.3, 0.4) is 0 Å². The van der Waals surface area contributed by atoms with E-state index in [4.69, 9.17) is 4.98 Å². The molecule has 0 aliphatic carbocycles. The lowest BCUT2D eigenvalue weighted by molar-refractivity contribution is -0.119. The van der Waals surface area contributed by atoms with Crippen LogP contribution in [0.25, 0.3) is 10.2 Å². The zero-order valence-electron chi connectivity index (χ0n) is 17.3. The Bertz CT molecular complexity index is 1060. The Morgan fingerprint density at radius 2 is 2.00 bits per heavy atom. The molecular weight excluding hydrogens is 402 g/mol. The predicted octanol–water partition coefficient (Wildman–Crippen LogP) is 4.52. The molecule has 154 valence electrons. The normalized spacial score (nSPS) is 12.3. The molecule has 3 rings (SSSR count). The second-order valence-electron chi connectivity index (χ2n) is 7.28. The Morgan fingerprint density at radius 3 is 2.69 bits per heavy atom. The Kier molecular flexibility index (Phi) is 7.14. The Morgan fingerprint density at radius 1 is 1.28 bits per heavy atom. The third-order valence-electron chi connectivity index (χ3n) is 4.90. The summed E-state index contributed by atoms with van der Waals surface area (Å²) in [5.41, 5.74) is 1.98. The van der Waals surface area contributed by atoms with E-state index in [0.29, 0.717) is 17.1 Å². The molecule has 0 saturated heterocycles. The van der Waals surface area contributed by atoms with Crippen molar-refractivity contribution in [2.75, 3.05) is 5.75 Å². The second kappa shape index (κ2) is 9.59. The van der Waals surface area contributed by atoms with Gasteiger partial charge in [-0.05, 0) is 38.3 Å². The smallest absolute Gasteiger partial charge is 0.263 e. The number of nitrogens with one attached hydrogen (secondary N) is 1. The number of hydrogen-bond donors (Lipinski definition) is 1. The Balaban J connectivity index is 1.93. The van der Waals surface area contributed by atoms with E-state index in [2.05, 4.69) is 12.2 Å². The van der Waals surface area contributed by atoms with Crippen LogP contribution in [0.2, 0.25) is 0 Å². The van der Waals surface area contributed by atoms with Crippen LogP contribution in [-0.2, 0) is 11.3 Å². The van der Waals surface area contributed by atoms with Gasteiger partial charge in [0, 0.05) is 10.9 Å². The predicted molar refractivity (Wildman–Crippen MR) is 122 cm³/mol. The lowest BCUT2D eigenvalue weighted by atomic mass is 10.2. The number of aromatic nitrogens is 2. The summed E-state index contributed by atoms with van der Waals surface area (Å²) < 4.78 is 1.70. The first-order valence-electron chi connectivity index (χ1n) is 9.87. The van der Waals surface area contributed by atoms with E-state index < -0.39 is 0 Å². The monoisotopic (exact) mass is 429 g/mol. The number of carbonyl (C=O) groups excluding carboxylic acids is 1. The highest BCUT2D eigenvalue weighted by Crippen LogP contribution is 2.28. The lowest BCUT2D eigenvalue weighted by Gasteiger charge is -2.14. The van der Waals surface area contributed by atoms with Crippen LogP contribution in [0, 0.1) is 13.8 Å². The van der Waals surface area contributed by atoms with E-state index in [0.717, 1.165) is 33.7 Å². The summed E-state index contributed by atoms with van der Waals surface area (Å²) >= 11 is 2.86. The van der Waals surface area contributed by atoms with Crippen LogP contribution in [-0.4, -0.2) is 27.3 Å². The minimum atomic E-state index is -0.0389. The van der Waals surface area contributed by atoms with Gasteiger partial charge in [0.25, 0.3) is 5.56 Å². The van der Waals surface area contributed by atoms with Crippen molar-refractivity contribution in [1.29, 1.82) is 0 Å². The molecule has 3 aromatic rings. The fourth-order valence-electron chi connectivity index (χ4n) is 3.28. The van der Waals surface area contributed by atoms with Gasteiger partial charge in [-0.2, -0.15) is 0 Å². The summed E-state index contributed by atoms with van der Waals surface area (Å²) in [6.45, 7) is 8.54. The summed E-state index contributed by atoms with van der Waals surface area (Å²) in [6, 6.07) is 10.0. The van der Waals surface area contributed by atoms with Gasteiger partial charge in [-0.25, -0.2) is 4.98 Å². The molecule has 1 aromatic carbocycles. The first-order chi connectivity index (χ1) is 13.9. The molecular formula is C22H27N3O2S2. The molecule has 0 aliphatic rings. The number of amides is 1. The minimum absolute atomic E-state index is 0.0323. The number of fused-ring (bicyclic) bond motifs is 1. The van der Waals surface area contributed by atoms with E-state index in [9.17, 15) is 9.59 Å². The van der Waals surface area contributed by atoms with Gasteiger partial charge in [0.2, 0.25) is 5.91 Å². The van der Waals surface area contributed by atoms with E-state index in [-0.39, 0.29) is 23.3 Å². The van der Waals surface area contributed by atoms with Gasteiger partial charge in [0.05, 0.1) is 17.7 Å². The van der Waals surface area contributed by atoms with Crippen LogP contribution in [0.15, 0.2) is 40.3 Å². The summed E-state index contributed by atoms with van der Waals surface area (Å²) in [6.07, 6.45) is 1.98. The number of carbonyl (C=O) groups is 1. The van der Waals surface area contributed by atoms with Gasteiger partial charge in [-0.3, -0.25) is 14.2 Å². The molecule has 5 nitrogen and oxygen atoms in total. The van der Waals surface area contributed by atoms with Gasteiger partial charge in [0.15, 0.2) is 5.16 Å². The van der Waals surface area contributed by atoms with E-state index in [1.807, 2.05) is 51.1 Å². The highest BCUT2D eigenvalue weighted by Gasteiger charge is 2.18. The van der Waals surface area contributed by atoms with Gasteiger partial charge < -0.3 is 5.32 Å². The van der Waals surface area contributed by atoms with E-state index in [1.54, 1.807) is 4.57 Å². The number of benzene rings is 1. The third-order valence-corrected chi connectivity index (χ3v) is 6.98. The molecule has 1 amide bonds. The molecule has 0 radical (unpaired) electrons. The number of thiophene rings is 1. The molecule has 1 N–H and O–H groups in total. The average molecular weight is 430 g/mol. The van der Waals surface area contributed by atoms with Crippen molar-refractivity contribution in [1.82, 2.24) is 14.9 Å². The third kappa shape index (κ3) is 5.08. The lowest BCUT2D eigenvalue weighted by Crippen LogP contribution is -2.34. The first kappa shape index (κ1) is 21.6. The van der Waals surface area contributed by atoms with Gasteiger partial charge in [-0.15, -0.1) is 11.3 Å². The number of nitrogens with zero attached hydrogens (tertiary/aromatic N) is 2. The topological polar surface area (TPSA) is 64.0 Å². The molecule has 2 aromatic heterocycles. The molecule has 0 saturated carbocycles. The molecule has 7 heteroatoms. The zero-order chi connectivity index (χ0) is 21.0. The van der Waals surface area contributed by atoms with Crippen molar-refractivity contribution in [3.8, 4) is 0 Å². The van der Waals surface area contributed by atoms with Crippen molar-refractivity contribution in [3.05, 3.63) is 56.7 Å². The second-order valence-corrected chi connectivity index (χ2v) is 9.43. The SMILES string of the molecule is CCC[C@@H](C)NC(=O)CSc1nc2sc(C)c(C)c2c(=O)n1Cc1ccccc1. The van der Waals surface area contributed by atoms with E-state index in [1.165, 1.54) is 23.1 Å². The zero-order valence-corrected chi connectivity index (χ0v) is 19.0. The maximum atomic E-state index is 13.3. The quantitative estimate of drug-likeness (QED) is 0.422. The summed E-state index contributed by atoms with van der Waals surface area (Å²) in [4.78, 5) is 32.3. The molecule has 29 heavy (non-hydrogen) atoms. The standard InChI is InChI=1S/C22H27N3O2S2/c1-5-9-14(2)23-18(26)13-28-22-24-20-19(15(3)16(4)29-20)21(27)25(22)12-17-10-7-6-8-11-17/h6-8,10-11,14H,5,9,12-13H2,1-4H3,(H,23,26)/t14-/m1/s1. The summed E-state index contributed by atoms with van der Waals surface area (Å²) in [5, 5.41) is 4.29. The minimum Gasteiger partial charge on any atom is -0.353 e. The molecule has 0 bridgehead atoms. The largest absolute Gasteiger partial charge is 0.353 e. The van der Waals surface area contributed by atoms with Crippen LogP contribution < -0.4 is 10.9 Å². The fraction of sp³-hybridized carbons (Fsp3) is 0.409. The van der Waals surface area contributed by atoms with Crippen LogP contribution >= 0.6 is 23.1 Å². The maximum Gasteiger partial charge on any atom is 0.263 e. The molecule has 2 heterocycles. The van der Waals surface area contributed by atoms with Gasteiger partial charge in [-0.1, -0.05) is 55.4 Å². The molecule has 0 aliphatic heterocycles. The van der Waals surface area contributed by atoms with Crippen LogP contribution in [0.5, 0.6) is 0 Å². The first-order valence-corrected chi connectivity index (χ1v) is 11.7. The van der Waals surface area contributed by atoms with Crippen LogP contribution in [0.1, 0.15) is 42.7 Å². The van der Waals surface area contributed by atoms with Crippen molar-refractivity contribution in [2.24, 2.45) is 0 Å². The van der Waals surface area contributed by atoms with Crippen molar-refractivity contribution in [3.63, 3.8) is 0 Å². The highest BCUT2D eigenvalue weighted by atomic mass is 32.2. The van der Waals surface area contributed by atoms with Crippen LogP contribution in [0.4, 0.5) is 0 Å².